The number of hydrogen-bond acceptors (Lipinski definition) is 15. The van der Waals surface area contributed by atoms with E-state index in [4.69, 9.17) is 28.4 Å². The molecule has 3 fully saturated rings. The van der Waals surface area contributed by atoms with Crippen LogP contribution in [0.1, 0.15) is 109 Å². The monoisotopic (exact) mass is 807 g/mol. The molecule has 0 spiro atoms. The quantitative estimate of drug-likeness (QED) is 0.141. The van der Waals surface area contributed by atoms with Crippen LogP contribution >= 0.6 is 0 Å². The van der Waals surface area contributed by atoms with Crippen molar-refractivity contribution in [2.24, 2.45) is 22.7 Å². The van der Waals surface area contributed by atoms with Gasteiger partial charge in [0.25, 0.3) is 0 Å². The van der Waals surface area contributed by atoms with E-state index in [1.54, 1.807) is 62.3 Å². The van der Waals surface area contributed by atoms with Crippen molar-refractivity contribution in [3.8, 4) is 0 Å². The van der Waals surface area contributed by atoms with Crippen LogP contribution in [0.15, 0.2) is 22.8 Å². The second-order valence-electron chi connectivity index (χ2n) is 18.4. The number of aliphatic hydroxyl groups excluding tert-OH is 2. The lowest BCUT2D eigenvalue weighted by molar-refractivity contribution is -0.347. The van der Waals surface area contributed by atoms with Crippen LogP contribution in [0.4, 0.5) is 4.79 Å². The fourth-order valence-electron chi connectivity index (χ4n) is 9.15. The van der Waals surface area contributed by atoms with Crippen molar-refractivity contribution >= 4 is 35.8 Å². The molecule has 2 saturated carbocycles. The van der Waals surface area contributed by atoms with Crippen LogP contribution in [0, 0.1) is 22.7 Å². The first kappa shape index (κ1) is 45.8. The Morgan fingerprint density at radius 1 is 1.00 bits per heavy atom. The molecule has 320 valence electrons. The van der Waals surface area contributed by atoms with Crippen molar-refractivity contribution in [2.75, 3.05) is 6.61 Å². The van der Waals surface area contributed by atoms with Gasteiger partial charge in [-0.15, -0.1) is 0 Å². The van der Waals surface area contributed by atoms with Gasteiger partial charge in [0.15, 0.2) is 23.6 Å². The molecule has 1 unspecified atom stereocenters. The molecule has 16 nitrogen and oxygen atoms in total. The summed E-state index contributed by atoms with van der Waals surface area (Å²) in [5.41, 5.74) is -7.74. The Morgan fingerprint density at radius 2 is 1.61 bits per heavy atom. The lowest BCUT2D eigenvalue weighted by Gasteiger charge is -2.67. The Balaban J connectivity index is 1.97. The number of rotatable bonds is 10. The zero-order valence-corrected chi connectivity index (χ0v) is 35.3. The van der Waals surface area contributed by atoms with E-state index in [1.165, 1.54) is 19.9 Å². The van der Waals surface area contributed by atoms with Crippen LogP contribution in [-0.4, -0.2) is 117 Å². The number of carbonyl (C=O) groups is 6. The Kier molecular flexibility index (Phi) is 12.9. The zero-order valence-electron chi connectivity index (χ0n) is 35.3. The van der Waals surface area contributed by atoms with E-state index in [0.717, 1.165) is 13.8 Å². The number of esters is 4. The molecule has 2 bridgehead atoms. The molecule has 0 aromatic carbocycles. The highest BCUT2D eigenvalue weighted by Crippen LogP contribution is 2.64. The van der Waals surface area contributed by atoms with Gasteiger partial charge in [-0.25, -0.2) is 9.59 Å². The molecule has 1 aliphatic heterocycles. The summed E-state index contributed by atoms with van der Waals surface area (Å²) in [6.07, 6.45) is -9.82. The van der Waals surface area contributed by atoms with E-state index in [-0.39, 0.29) is 36.5 Å². The van der Waals surface area contributed by atoms with Crippen molar-refractivity contribution < 1.29 is 72.5 Å². The summed E-state index contributed by atoms with van der Waals surface area (Å²) in [4.78, 5) is 81.5. The fourth-order valence-corrected chi connectivity index (χ4v) is 9.15. The first-order valence-electron chi connectivity index (χ1n) is 19.4. The van der Waals surface area contributed by atoms with Gasteiger partial charge in [0.05, 0.1) is 30.1 Å². The average Bonchev–Trinajstić information content (AvgIpc) is 3.03. The standard InChI is InChI=1S/C41H61NO15/c1-19(2)14-24(42-36(50)57-37(8,9)10)30(47)35(49)54-25-17-41(51)34(55-28(46)15-20(3)4)32-39(13,26(45)16-27-40(32,18-52-27)56-23(7)44)33(48)31(53-22(6)43)29(21(25)5)38(41,11)12/h14,20,24-27,30-32,34,45,47,51H,15-18H2,1-13H3,(H,42,50)/t24-,25-,26-,27+,30+,31+,32?,34-,39+,40-,41+/m0/s1. The van der Waals surface area contributed by atoms with Gasteiger partial charge < -0.3 is 49.1 Å². The average molecular weight is 808 g/mol. The van der Waals surface area contributed by atoms with Gasteiger partial charge in [0.2, 0.25) is 0 Å². The summed E-state index contributed by atoms with van der Waals surface area (Å²) < 4.78 is 35.2. The minimum atomic E-state index is -2.33. The third-order valence-corrected chi connectivity index (χ3v) is 11.8. The second kappa shape index (κ2) is 16.1. The maximum Gasteiger partial charge on any atom is 0.408 e. The molecule has 0 aromatic heterocycles. The SMILES string of the molecule is CC(=O)O[C@H]1C(=O)[C@@]2(C)C([C@H](OC(=O)CC(C)C)[C@]3(O)C[C@H](OC(=O)[C@H](O)[C@H](C=C(C)C)NC(=O)OC(C)(C)C)C(C)=C1C3(C)C)[C@]1(OC(C)=O)CO[C@@H]1C[C@@H]2O. The van der Waals surface area contributed by atoms with Gasteiger partial charge in [-0.05, 0) is 65.5 Å². The minimum absolute atomic E-state index is 0.0155. The zero-order chi connectivity index (χ0) is 43.4. The van der Waals surface area contributed by atoms with Crippen molar-refractivity contribution in [3.63, 3.8) is 0 Å². The van der Waals surface area contributed by atoms with Gasteiger partial charge in [0, 0.05) is 38.5 Å². The first-order chi connectivity index (χ1) is 26.0. The van der Waals surface area contributed by atoms with Crippen LogP contribution in [-0.2, 0) is 52.4 Å². The maximum atomic E-state index is 15.3. The number of ether oxygens (including phenoxy) is 6. The van der Waals surface area contributed by atoms with Crippen LogP contribution < -0.4 is 5.32 Å². The Labute approximate surface area is 334 Å². The Hall–Kier alpha value is -3.86. The van der Waals surface area contributed by atoms with E-state index in [2.05, 4.69) is 5.32 Å². The molecule has 11 atom stereocenters. The van der Waals surface area contributed by atoms with Gasteiger partial charge in [-0.1, -0.05) is 39.3 Å². The number of amides is 1. The molecule has 4 aliphatic rings. The highest BCUT2D eigenvalue weighted by Gasteiger charge is 2.78. The van der Waals surface area contributed by atoms with Crippen molar-refractivity contribution in [1.29, 1.82) is 0 Å². The smallest absolute Gasteiger partial charge is 0.408 e. The van der Waals surface area contributed by atoms with E-state index >= 15 is 4.79 Å². The molecule has 4 N–H and O–H groups in total. The largest absolute Gasteiger partial charge is 0.459 e. The van der Waals surface area contributed by atoms with E-state index in [0.29, 0.717) is 5.57 Å². The van der Waals surface area contributed by atoms with E-state index < -0.39 is 118 Å². The second-order valence-corrected chi connectivity index (χ2v) is 18.4. The Bertz CT molecular complexity index is 1700. The van der Waals surface area contributed by atoms with Gasteiger partial charge in [-0.2, -0.15) is 0 Å². The maximum absolute atomic E-state index is 15.3. The summed E-state index contributed by atoms with van der Waals surface area (Å²) in [5.74, 6) is -6.19. The summed E-state index contributed by atoms with van der Waals surface area (Å²) >= 11 is 0. The van der Waals surface area contributed by atoms with E-state index in [9.17, 15) is 39.3 Å². The molecule has 1 amide bonds. The van der Waals surface area contributed by atoms with Gasteiger partial charge in [0.1, 0.15) is 29.5 Å². The Morgan fingerprint density at radius 3 is 2.11 bits per heavy atom. The van der Waals surface area contributed by atoms with Crippen LogP contribution in [0.3, 0.4) is 0 Å². The molecule has 1 saturated heterocycles. The predicted octanol–water partition coefficient (Wildman–Crippen LogP) is 3.16. The molecule has 1 heterocycles. The molecule has 0 radical (unpaired) electrons. The third kappa shape index (κ3) is 8.51. The molecular formula is C41H61NO15. The number of nitrogens with one attached hydrogen (secondary N) is 1. The van der Waals surface area contributed by atoms with E-state index in [1.807, 2.05) is 0 Å². The third-order valence-electron chi connectivity index (χ3n) is 11.8. The lowest BCUT2D eigenvalue weighted by atomic mass is 9.44. The number of hydrogen-bond donors (Lipinski definition) is 4. The summed E-state index contributed by atoms with van der Waals surface area (Å²) in [5, 5.41) is 39.3. The first-order valence-corrected chi connectivity index (χ1v) is 19.4. The van der Waals surface area contributed by atoms with Crippen molar-refractivity contribution in [3.05, 3.63) is 22.8 Å². The highest BCUT2D eigenvalue weighted by atomic mass is 16.6. The van der Waals surface area contributed by atoms with Crippen LogP contribution in [0.25, 0.3) is 0 Å². The van der Waals surface area contributed by atoms with Crippen molar-refractivity contribution in [1.82, 2.24) is 5.32 Å². The summed E-state index contributed by atoms with van der Waals surface area (Å²) in [6, 6.07) is -1.33. The van der Waals surface area contributed by atoms with Gasteiger partial charge in [-0.3, -0.25) is 19.2 Å². The number of carbonyl (C=O) groups excluding carboxylic acids is 6. The van der Waals surface area contributed by atoms with Crippen LogP contribution in [0.5, 0.6) is 0 Å². The van der Waals surface area contributed by atoms with Crippen molar-refractivity contribution in [2.45, 2.75) is 169 Å². The highest BCUT2D eigenvalue weighted by molar-refractivity contribution is 5.95. The lowest BCUT2D eigenvalue weighted by Crippen LogP contribution is -2.82. The molecule has 57 heavy (non-hydrogen) atoms. The number of Topliss-reactive ketones (excluding diaryl/α,β-unsaturated/α-hetero) is 1. The van der Waals surface area contributed by atoms with Gasteiger partial charge >= 0.3 is 30.0 Å². The molecule has 16 heteroatoms. The predicted molar refractivity (Wildman–Crippen MR) is 201 cm³/mol. The summed E-state index contributed by atoms with van der Waals surface area (Å²) in [7, 11) is 0. The molecule has 0 aromatic rings. The molecular weight excluding hydrogens is 746 g/mol. The summed E-state index contributed by atoms with van der Waals surface area (Å²) in [6.45, 7) is 19.9. The number of alkyl carbamates (subject to hydrolysis) is 1. The topological polar surface area (TPSA) is 231 Å². The number of aliphatic hydroxyl groups is 3. The fraction of sp³-hybridized carbons (Fsp3) is 0.756. The molecule has 4 rings (SSSR count). The van der Waals surface area contributed by atoms with Crippen LogP contribution in [0.2, 0.25) is 0 Å². The minimum Gasteiger partial charge on any atom is -0.459 e. The normalized spacial score (nSPS) is 34.1. The number of allylic oxidation sites excluding steroid dienone is 1. The molecule has 3 aliphatic carbocycles. The number of ketones is 1. The number of fused-ring (bicyclic) bond motifs is 5.